The fourth-order valence-corrected chi connectivity index (χ4v) is 3.74. The average Bonchev–Trinajstić information content (AvgIpc) is 2.83. The summed E-state index contributed by atoms with van der Waals surface area (Å²) >= 11 is 0. The zero-order chi connectivity index (χ0) is 25.9. The van der Waals surface area contributed by atoms with Crippen molar-refractivity contribution in [3.05, 3.63) is 36.2 Å². The van der Waals surface area contributed by atoms with Crippen molar-refractivity contribution >= 4 is 29.6 Å². The van der Waals surface area contributed by atoms with Crippen molar-refractivity contribution in [1.82, 2.24) is 14.9 Å². The number of ether oxygens (including phenoxy) is 2. The summed E-state index contributed by atoms with van der Waals surface area (Å²) in [5.41, 5.74) is 7.36. The van der Waals surface area contributed by atoms with E-state index in [1.54, 1.807) is 18.3 Å². The van der Waals surface area contributed by atoms with Gasteiger partial charge < -0.3 is 29.8 Å². The zero-order valence-corrected chi connectivity index (χ0v) is 21.5. The van der Waals surface area contributed by atoms with E-state index in [0.717, 1.165) is 18.7 Å². The van der Waals surface area contributed by atoms with Gasteiger partial charge in [-0.3, -0.25) is 5.32 Å². The van der Waals surface area contributed by atoms with E-state index in [0.29, 0.717) is 55.4 Å². The maximum atomic E-state index is 12.4. The first-order valence-electron chi connectivity index (χ1n) is 12.2. The molecule has 0 radical (unpaired) electrons. The van der Waals surface area contributed by atoms with Crippen LogP contribution in [0.5, 0.6) is 5.75 Å². The minimum Gasteiger partial charge on any atom is -0.491 e. The fraction of sp³-hybridized carbons (Fsp3) is 0.520. The molecule has 0 bridgehead atoms. The SMILES string of the molecule is CC(C)Oc1ccc(NC(=O)OC2CCN(c3ncnc(N)c3C=NOCCCN(C)C)CC2)cc1. The molecule has 0 aliphatic carbocycles. The first-order valence-corrected chi connectivity index (χ1v) is 12.2. The number of hydrogen-bond acceptors (Lipinski definition) is 10. The summed E-state index contributed by atoms with van der Waals surface area (Å²) in [7, 11) is 4.03. The van der Waals surface area contributed by atoms with Gasteiger partial charge in [-0.05, 0) is 58.6 Å². The number of nitrogens with one attached hydrogen (secondary N) is 1. The van der Waals surface area contributed by atoms with Crippen LogP contribution in [0.4, 0.5) is 22.1 Å². The van der Waals surface area contributed by atoms with Crippen molar-refractivity contribution in [2.24, 2.45) is 5.16 Å². The van der Waals surface area contributed by atoms with Crippen LogP contribution in [0.3, 0.4) is 0 Å². The van der Waals surface area contributed by atoms with Crippen LogP contribution in [0.15, 0.2) is 35.7 Å². The number of aromatic nitrogens is 2. The molecule has 0 spiro atoms. The highest BCUT2D eigenvalue weighted by atomic mass is 16.6. The molecule has 1 aliphatic heterocycles. The maximum Gasteiger partial charge on any atom is 0.411 e. The summed E-state index contributed by atoms with van der Waals surface area (Å²) in [4.78, 5) is 30.4. The lowest BCUT2D eigenvalue weighted by atomic mass is 10.1. The third-order valence-electron chi connectivity index (χ3n) is 5.48. The molecule has 2 heterocycles. The van der Waals surface area contributed by atoms with Crippen molar-refractivity contribution in [3.63, 3.8) is 0 Å². The van der Waals surface area contributed by atoms with Crippen molar-refractivity contribution < 1.29 is 19.1 Å². The van der Waals surface area contributed by atoms with E-state index < -0.39 is 6.09 Å². The molecular formula is C25H37N7O4. The smallest absolute Gasteiger partial charge is 0.411 e. The molecule has 11 nitrogen and oxygen atoms in total. The molecule has 0 atom stereocenters. The van der Waals surface area contributed by atoms with Gasteiger partial charge in [0.1, 0.15) is 36.4 Å². The van der Waals surface area contributed by atoms with E-state index in [9.17, 15) is 4.79 Å². The van der Waals surface area contributed by atoms with Gasteiger partial charge in [0, 0.05) is 38.2 Å². The van der Waals surface area contributed by atoms with Crippen LogP contribution in [0, 0.1) is 0 Å². The van der Waals surface area contributed by atoms with Gasteiger partial charge in [-0.2, -0.15) is 0 Å². The van der Waals surface area contributed by atoms with Gasteiger partial charge in [0.25, 0.3) is 0 Å². The molecule has 36 heavy (non-hydrogen) atoms. The van der Waals surface area contributed by atoms with Crippen LogP contribution in [0.25, 0.3) is 0 Å². The number of nitrogens with zero attached hydrogens (tertiary/aromatic N) is 5. The largest absolute Gasteiger partial charge is 0.491 e. The monoisotopic (exact) mass is 499 g/mol. The Hall–Kier alpha value is -3.60. The summed E-state index contributed by atoms with van der Waals surface area (Å²) in [5.74, 6) is 1.78. The van der Waals surface area contributed by atoms with Crippen LogP contribution in [0.2, 0.25) is 0 Å². The number of anilines is 3. The molecule has 0 unspecified atom stereocenters. The van der Waals surface area contributed by atoms with Crippen molar-refractivity contribution in [2.75, 3.05) is 56.3 Å². The molecule has 0 saturated carbocycles. The van der Waals surface area contributed by atoms with Crippen molar-refractivity contribution in [2.45, 2.75) is 45.3 Å². The summed E-state index contributed by atoms with van der Waals surface area (Å²) < 4.78 is 11.3. The first-order chi connectivity index (χ1) is 17.3. The predicted octanol–water partition coefficient (Wildman–Crippen LogP) is 3.37. The van der Waals surface area contributed by atoms with Crippen molar-refractivity contribution in [3.8, 4) is 5.75 Å². The topological polar surface area (TPSA) is 127 Å². The molecule has 1 aromatic heterocycles. The number of nitrogen functional groups attached to an aromatic ring is 1. The van der Waals surface area contributed by atoms with Crippen molar-refractivity contribution in [1.29, 1.82) is 0 Å². The molecule has 1 fully saturated rings. The molecule has 1 amide bonds. The second-order valence-electron chi connectivity index (χ2n) is 9.13. The highest BCUT2D eigenvalue weighted by Gasteiger charge is 2.25. The van der Waals surface area contributed by atoms with Gasteiger partial charge in [-0.15, -0.1) is 0 Å². The molecule has 196 valence electrons. The quantitative estimate of drug-likeness (QED) is 0.272. The van der Waals surface area contributed by atoms with Gasteiger partial charge in [-0.25, -0.2) is 14.8 Å². The molecule has 1 aromatic carbocycles. The number of oxime groups is 1. The Morgan fingerprint density at radius 2 is 1.97 bits per heavy atom. The Balaban J connectivity index is 1.48. The minimum absolute atomic E-state index is 0.0909. The first kappa shape index (κ1) is 27.0. The number of piperidine rings is 1. The zero-order valence-electron chi connectivity index (χ0n) is 21.5. The van der Waals surface area contributed by atoms with Crippen LogP contribution < -0.4 is 20.7 Å². The predicted molar refractivity (Wildman–Crippen MR) is 141 cm³/mol. The van der Waals surface area contributed by atoms with Gasteiger partial charge in [0.15, 0.2) is 0 Å². The van der Waals surface area contributed by atoms with E-state index in [1.165, 1.54) is 6.33 Å². The average molecular weight is 500 g/mol. The number of carbonyl (C=O) groups is 1. The molecule has 1 aliphatic rings. The van der Waals surface area contributed by atoms with Gasteiger partial charge in [0.05, 0.1) is 17.9 Å². The number of hydrogen-bond donors (Lipinski definition) is 2. The van der Waals surface area contributed by atoms with E-state index >= 15 is 0 Å². The lowest BCUT2D eigenvalue weighted by Gasteiger charge is -2.33. The maximum absolute atomic E-state index is 12.4. The molecule has 2 aromatic rings. The lowest BCUT2D eigenvalue weighted by molar-refractivity contribution is 0.0950. The Bertz CT molecular complexity index is 990. The highest BCUT2D eigenvalue weighted by Crippen LogP contribution is 2.25. The molecule has 3 N–H and O–H groups in total. The second-order valence-corrected chi connectivity index (χ2v) is 9.13. The summed E-state index contributed by atoms with van der Waals surface area (Å²) in [6.45, 7) is 6.67. The Labute approximate surface area is 212 Å². The van der Waals surface area contributed by atoms with Gasteiger partial charge in [0.2, 0.25) is 0 Å². The lowest BCUT2D eigenvalue weighted by Crippen LogP contribution is -2.39. The van der Waals surface area contributed by atoms with E-state index in [-0.39, 0.29) is 12.2 Å². The number of nitrogens with two attached hydrogens (primary N) is 1. The fourth-order valence-electron chi connectivity index (χ4n) is 3.74. The van der Waals surface area contributed by atoms with E-state index in [4.69, 9.17) is 20.0 Å². The Morgan fingerprint density at radius 1 is 1.25 bits per heavy atom. The van der Waals surface area contributed by atoms with Crippen LogP contribution >= 0.6 is 0 Å². The van der Waals surface area contributed by atoms with E-state index in [1.807, 2.05) is 40.1 Å². The Kier molecular flexibility index (Phi) is 10.1. The molecule has 11 heteroatoms. The Morgan fingerprint density at radius 3 is 2.64 bits per heavy atom. The third-order valence-corrected chi connectivity index (χ3v) is 5.48. The number of amides is 1. The molecule has 1 saturated heterocycles. The second kappa shape index (κ2) is 13.5. The number of benzene rings is 1. The van der Waals surface area contributed by atoms with Gasteiger partial charge in [-0.1, -0.05) is 5.16 Å². The van der Waals surface area contributed by atoms with E-state index in [2.05, 4.69) is 30.2 Å². The summed E-state index contributed by atoms with van der Waals surface area (Å²) in [5, 5.41) is 6.82. The van der Waals surface area contributed by atoms with Gasteiger partial charge >= 0.3 is 6.09 Å². The normalized spacial score (nSPS) is 14.4. The standard InChI is InChI=1S/C25H37N7O4/c1-18(2)35-20-8-6-19(7-9-20)30-25(33)36-21-10-13-32(14-11-21)24-22(23(26)27-17-28-24)16-29-34-15-5-12-31(3)4/h6-9,16-18,21H,5,10-15H2,1-4H3,(H,30,33)(H2,26,27,28). The number of rotatable bonds is 11. The summed E-state index contributed by atoms with van der Waals surface area (Å²) in [6.07, 6.45) is 4.62. The third kappa shape index (κ3) is 8.56. The van der Waals surface area contributed by atoms with Crippen LogP contribution in [-0.2, 0) is 9.57 Å². The minimum atomic E-state index is -0.475. The highest BCUT2D eigenvalue weighted by molar-refractivity contribution is 5.91. The summed E-state index contributed by atoms with van der Waals surface area (Å²) in [6, 6.07) is 7.21. The number of carbonyl (C=O) groups excluding carboxylic acids is 1. The van der Waals surface area contributed by atoms with Crippen LogP contribution in [0.1, 0.15) is 38.7 Å². The molecular weight excluding hydrogens is 462 g/mol. The molecule has 3 rings (SSSR count). The van der Waals surface area contributed by atoms with Crippen LogP contribution in [-0.4, -0.2) is 79.7 Å².